The summed E-state index contributed by atoms with van der Waals surface area (Å²) in [5.74, 6) is 0. The Labute approximate surface area is 62.7 Å². The lowest BCUT2D eigenvalue weighted by Crippen LogP contribution is -2.23. The maximum Gasteiger partial charge on any atom is 0.0657 e. The maximum atomic E-state index is 5.21. The third-order valence-electron chi connectivity index (χ3n) is 0.977. The quantitative estimate of drug-likeness (QED) is 0.411. The molecule has 0 heterocycles. The number of rotatable bonds is 6. The van der Waals surface area contributed by atoms with E-state index >= 15 is 0 Å². The van der Waals surface area contributed by atoms with Crippen LogP contribution in [0.15, 0.2) is 25.3 Å². The fourth-order valence-corrected chi connectivity index (χ4v) is 0.651. The summed E-state index contributed by atoms with van der Waals surface area (Å²) in [5, 5.41) is 1.81. The Morgan fingerprint density at radius 1 is 1.30 bits per heavy atom. The van der Waals surface area contributed by atoms with E-state index in [-0.39, 0.29) is 0 Å². The van der Waals surface area contributed by atoms with Gasteiger partial charge in [-0.15, -0.1) is 13.2 Å². The number of nitrogens with zero attached hydrogens (tertiary/aromatic N) is 1. The molecule has 58 valence electrons. The van der Waals surface area contributed by atoms with Crippen molar-refractivity contribution in [3.63, 3.8) is 0 Å². The van der Waals surface area contributed by atoms with E-state index < -0.39 is 0 Å². The van der Waals surface area contributed by atoms with Gasteiger partial charge in [0.15, 0.2) is 0 Å². The summed E-state index contributed by atoms with van der Waals surface area (Å²) >= 11 is 0. The van der Waals surface area contributed by atoms with Gasteiger partial charge in [0, 0.05) is 13.1 Å². The SMILES string of the molecule is C=CCN(CC=C)OCC. The van der Waals surface area contributed by atoms with Crippen molar-refractivity contribution in [3.8, 4) is 0 Å². The van der Waals surface area contributed by atoms with E-state index in [0.717, 1.165) is 13.1 Å². The zero-order valence-electron chi connectivity index (χ0n) is 6.55. The van der Waals surface area contributed by atoms with Gasteiger partial charge in [-0.05, 0) is 6.92 Å². The first kappa shape index (κ1) is 9.40. The average Bonchev–Trinajstić information content (AvgIpc) is 1.90. The van der Waals surface area contributed by atoms with Crippen molar-refractivity contribution in [2.24, 2.45) is 0 Å². The van der Waals surface area contributed by atoms with Gasteiger partial charge >= 0.3 is 0 Å². The second-order valence-electron chi connectivity index (χ2n) is 1.84. The summed E-state index contributed by atoms with van der Waals surface area (Å²) in [5.41, 5.74) is 0. The molecule has 2 nitrogen and oxygen atoms in total. The summed E-state index contributed by atoms with van der Waals surface area (Å²) in [6.45, 7) is 11.4. The Hall–Kier alpha value is -0.600. The van der Waals surface area contributed by atoms with Crippen molar-refractivity contribution in [2.45, 2.75) is 6.92 Å². The van der Waals surface area contributed by atoms with E-state index in [9.17, 15) is 0 Å². The Kier molecular flexibility index (Phi) is 6.13. The molecule has 0 amide bonds. The van der Waals surface area contributed by atoms with Gasteiger partial charge in [0.25, 0.3) is 0 Å². The lowest BCUT2D eigenvalue weighted by molar-refractivity contribution is -0.138. The van der Waals surface area contributed by atoms with Crippen LogP contribution in [0.4, 0.5) is 0 Å². The summed E-state index contributed by atoms with van der Waals surface area (Å²) in [4.78, 5) is 5.21. The van der Waals surface area contributed by atoms with Crippen molar-refractivity contribution in [1.29, 1.82) is 0 Å². The highest BCUT2D eigenvalue weighted by Gasteiger charge is 1.96. The molecule has 0 fully saturated rings. The Bertz CT molecular complexity index is 91.4. The standard InChI is InChI=1S/C8H15NO/c1-4-7-9(8-5-2)10-6-3/h4-5H,1-2,6-8H2,3H3. The zero-order chi connectivity index (χ0) is 7.82. The van der Waals surface area contributed by atoms with E-state index in [1.54, 1.807) is 17.2 Å². The maximum absolute atomic E-state index is 5.21. The molecule has 0 saturated carbocycles. The molecule has 0 N–H and O–H groups in total. The minimum Gasteiger partial charge on any atom is -0.299 e. The molecule has 10 heavy (non-hydrogen) atoms. The van der Waals surface area contributed by atoms with Crippen molar-refractivity contribution in [3.05, 3.63) is 25.3 Å². The van der Waals surface area contributed by atoms with E-state index in [0.29, 0.717) is 6.61 Å². The van der Waals surface area contributed by atoms with Crippen LogP contribution in [0.1, 0.15) is 6.92 Å². The van der Waals surface area contributed by atoms with Crippen molar-refractivity contribution < 1.29 is 4.84 Å². The van der Waals surface area contributed by atoms with E-state index in [2.05, 4.69) is 13.2 Å². The molecule has 0 radical (unpaired) electrons. The first-order valence-corrected chi connectivity index (χ1v) is 3.44. The highest BCUT2D eigenvalue weighted by atomic mass is 16.7. The number of hydroxylamine groups is 2. The molecule has 0 rings (SSSR count). The van der Waals surface area contributed by atoms with Gasteiger partial charge in [0.2, 0.25) is 0 Å². The predicted octanol–water partition coefficient (Wildman–Crippen LogP) is 1.61. The molecule has 0 atom stereocenters. The lowest BCUT2D eigenvalue weighted by Gasteiger charge is -2.16. The summed E-state index contributed by atoms with van der Waals surface area (Å²) < 4.78 is 0. The molecule has 0 spiro atoms. The van der Waals surface area contributed by atoms with Gasteiger partial charge in [0.1, 0.15) is 0 Å². The topological polar surface area (TPSA) is 12.5 Å². The number of hydrogen-bond donors (Lipinski definition) is 0. The number of hydrogen-bond acceptors (Lipinski definition) is 2. The third kappa shape index (κ3) is 4.30. The molecule has 0 aliphatic heterocycles. The molecule has 0 aliphatic rings. The molecule has 0 aromatic carbocycles. The van der Waals surface area contributed by atoms with Crippen molar-refractivity contribution in [2.75, 3.05) is 19.7 Å². The van der Waals surface area contributed by atoms with Crippen LogP contribution in [0, 0.1) is 0 Å². The third-order valence-corrected chi connectivity index (χ3v) is 0.977. The van der Waals surface area contributed by atoms with Crippen LogP contribution < -0.4 is 0 Å². The Morgan fingerprint density at radius 2 is 1.80 bits per heavy atom. The van der Waals surface area contributed by atoms with Crippen LogP contribution in [0.2, 0.25) is 0 Å². The van der Waals surface area contributed by atoms with Crippen LogP contribution in [0.25, 0.3) is 0 Å². The van der Waals surface area contributed by atoms with Crippen LogP contribution in [0.3, 0.4) is 0 Å². The molecule has 0 aromatic rings. The Morgan fingerprint density at radius 3 is 2.10 bits per heavy atom. The van der Waals surface area contributed by atoms with Gasteiger partial charge in [-0.3, -0.25) is 4.84 Å². The molecule has 0 unspecified atom stereocenters. The monoisotopic (exact) mass is 141 g/mol. The predicted molar refractivity (Wildman–Crippen MR) is 43.6 cm³/mol. The average molecular weight is 141 g/mol. The van der Waals surface area contributed by atoms with Crippen LogP contribution in [-0.4, -0.2) is 24.8 Å². The van der Waals surface area contributed by atoms with Gasteiger partial charge in [-0.1, -0.05) is 12.2 Å². The fraction of sp³-hybridized carbons (Fsp3) is 0.500. The first-order chi connectivity index (χ1) is 4.85. The second kappa shape index (κ2) is 6.52. The summed E-state index contributed by atoms with van der Waals surface area (Å²) in [7, 11) is 0. The van der Waals surface area contributed by atoms with Gasteiger partial charge in [-0.25, -0.2) is 0 Å². The molecule has 0 aromatic heterocycles. The minimum atomic E-state index is 0.696. The molecule has 0 saturated heterocycles. The van der Waals surface area contributed by atoms with Gasteiger partial charge in [-0.2, -0.15) is 5.06 Å². The highest BCUT2D eigenvalue weighted by molar-refractivity contribution is 4.75. The summed E-state index contributed by atoms with van der Waals surface area (Å²) in [6.07, 6.45) is 3.61. The largest absolute Gasteiger partial charge is 0.299 e. The smallest absolute Gasteiger partial charge is 0.0657 e. The minimum absolute atomic E-state index is 0.696. The molecule has 0 bridgehead atoms. The Balaban J connectivity index is 3.48. The summed E-state index contributed by atoms with van der Waals surface area (Å²) in [6, 6.07) is 0. The van der Waals surface area contributed by atoms with Crippen molar-refractivity contribution >= 4 is 0 Å². The van der Waals surface area contributed by atoms with E-state index in [1.807, 2.05) is 6.92 Å². The molecule has 0 aliphatic carbocycles. The zero-order valence-corrected chi connectivity index (χ0v) is 6.55. The second-order valence-corrected chi connectivity index (χ2v) is 1.84. The first-order valence-electron chi connectivity index (χ1n) is 3.44. The van der Waals surface area contributed by atoms with E-state index in [1.165, 1.54) is 0 Å². The van der Waals surface area contributed by atoms with E-state index in [4.69, 9.17) is 4.84 Å². The fourth-order valence-electron chi connectivity index (χ4n) is 0.651. The lowest BCUT2D eigenvalue weighted by atomic mass is 10.5. The van der Waals surface area contributed by atoms with Crippen LogP contribution in [0.5, 0.6) is 0 Å². The van der Waals surface area contributed by atoms with Crippen LogP contribution >= 0.6 is 0 Å². The van der Waals surface area contributed by atoms with Crippen LogP contribution in [-0.2, 0) is 4.84 Å². The van der Waals surface area contributed by atoms with Gasteiger partial charge < -0.3 is 0 Å². The molecule has 2 heteroatoms. The van der Waals surface area contributed by atoms with Gasteiger partial charge in [0.05, 0.1) is 6.61 Å². The molecular formula is C8H15NO. The normalized spacial score (nSPS) is 9.80. The highest BCUT2D eigenvalue weighted by Crippen LogP contribution is 1.89. The van der Waals surface area contributed by atoms with Crippen molar-refractivity contribution in [1.82, 2.24) is 5.06 Å². The molecular weight excluding hydrogens is 126 g/mol.